The SMILES string of the molecule is COCC1(c2nc(-c3ccc(C)c(F)c3)no2)CCNCC1.Cl. The molecule has 0 saturated carbocycles. The molecule has 0 aliphatic carbocycles. The van der Waals surface area contributed by atoms with E-state index in [0.29, 0.717) is 29.4 Å². The van der Waals surface area contributed by atoms with Crippen LogP contribution in [0, 0.1) is 12.7 Å². The van der Waals surface area contributed by atoms with Crippen molar-refractivity contribution in [3.05, 3.63) is 35.5 Å². The van der Waals surface area contributed by atoms with Crippen molar-refractivity contribution in [2.24, 2.45) is 0 Å². The number of benzene rings is 1. The van der Waals surface area contributed by atoms with Crippen molar-refractivity contribution in [2.45, 2.75) is 25.2 Å². The average Bonchev–Trinajstić information content (AvgIpc) is 3.02. The van der Waals surface area contributed by atoms with Crippen LogP contribution in [0.25, 0.3) is 11.4 Å². The number of methoxy groups -OCH3 is 1. The topological polar surface area (TPSA) is 60.2 Å². The van der Waals surface area contributed by atoms with Crippen molar-refractivity contribution in [1.29, 1.82) is 0 Å². The predicted octanol–water partition coefficient (Wildman–Crippen LogP) is 2.87. The maximum absolute atomic E-state index is 13.7. The molecule has 7 heteroatoms. The van der Waals surface area contributed by atoms with Gasteiger partial charge in [-0.05, 0) is 44.5 Å². The standard InChI is InChI=1S/C16H20FN3O2.ClH/c1-11-3-4-12(9-13(11)17)14-19-15(22-20-14)16(10-21-2)5-7-18-8-6-16;/h3-4,9,18H,5-8,10H2,1-2H3;1H. The summed E-state index contributed by atoms with van der Waals surface area (Å²) in [5.74, 6) is 0.729. The van der Waals surface area contributed by atoms with E-state index >= 15 is 0 Å². The summed E-state index contributed by atoms with van der Waals surface area (Å²) in [6.07, 6.45) is 1.76. The predicted molar refractivity (Wildman–Crippen MR) is 87.3 cm³/mol. The van der Waals surface area contributed by atoms with Gasteiger partial charge in [0, 0.05) is 12.7 Å². The van der Waals surface area contributed by atoms with Gasteiger partial charge in [0.2, 0.25) is 11.7 Å². The highest BCUT2D eigenvalue weighted by molar-refractivity contribution is 5.85. The van der Waals surface area contributed by atoms with Crippen LogP contribution >= 0.6 is 12.4 Å². The van der Waals surface area contributed by atoms with Crippen molar-refractivity contribution in [3.8, 4) is 11.4 Å². The zero-order valence-corrected chi connectivity index (χ0v) is 14.1. The van der Waals surface area contributed by atoms with Gasteiger partial charge < -0.3 is 14.6 Å². The largest absolute Gasteiger partial charge is 0.384 e. The molecule has 1 saturated heterocycles. The van der Waals surface area contributed by atoms with Gasteiger partial charge in [-0.15, -0.1) is 12.4 Å². The number of aromatic nitrogens is 2. The molecule has 1 aliphatic heterocycles. The Morgan fingerprint density at radius 1 is 1.35 bits per heavy atom. The molecular formula is C16H21ClFN3O2. The lowest BCUT2D eigenvalue weighted by molar-refractivity contribution is 0.0850. The van der Waals surface area contributed by atoms with E-state index in [-0.39, 0.29) is 23.6 Å². The maximum atomic E-state index is 13.7. The van der Waals surface area contributed by atoms with Crippen LogP contribution in [0.5, 0.6) is 0 Å². The summed E-state index contributed by atoms with van der Waals surface area (Å²) in [6, 6.07) is 4.96. The average molecular weight is 342 g/mol. The van der Waals surface area contributed by atoms with Gasteiger partial charge >= 0.3 is 0 Å². The summed E-state index contributed by atoms with van der Waals surface area (Å²) in [6.45, 7) is 4.04. The molecular weight excluding hydrogens is 321 g/mol. The summed E-state index contributed by atoms with van der Waals surface area (Å²) in [5, 5.41) is 7.36. The highest BCUT2D eigenvalue weighted by Gasteiger charge is 2.39. The van der Waals surface area contributed by atoms with Crippen molar-refractivity contribution >= 4 is 12.4 Å². The molecule has 0 spiro atoms. The van der Waals surface area contributed by atoms with Crippen molar-refractivity contribution < 1.29 is 13.7 Å². The van der Waals surface area contributed by atoms with Gasteiger partial charge in [-0.1, -0.05) is 17.3 Å². The molecule has 1 aliphatic rings. The van der Waals surface area contributed by atoms with E-state index in [1.165, 1.54) is 6.07 Å². The van der Waals surface area contributed by atoms with Crippen LogP contribution in [-0.2, 0) is 10.2 Å². The summed E-state index contributed by atoms with van der Waals surface area (Å²) in [7, 11) is 1.68. The van der Waals surface area contributed by atoms with E-state index in [9.17, 15) is 4.39 Å². The smallest absolute Gasteiger partial charge is 0.235 e. The molecule has 0 radical (unpaired) electrons. The molecule has 3 rings (SSSR count). The van der Waals surface area contributed by atoms with Gasteiger partial charge in [-0.25, -0.2) is 4.39 Å². The third kappa shape index (κ3) is 3.54. The molecule has 0 unspecified atom stereocenters. The van der Waals surface area contributed by atoms with Crippen molar-refractivity contribution in [1.82, 2.24) is 15.5 Å². The molecule has 1 N–H and O–H groups in total. The number of halogens is 2. The number of nitrogens with one attached hydrogen (secondary N) is 1. The Labute approximate surface area is 141 Å². The summed E-state index contributed by atoms with van der Waals surface area (Å²) in [4.78, 5) is 4.51. The van der Waals surface area contributed by atoms with Gasteiger partial charge in [0.1, 0.15) is 5.82 Å². The van der Waals surface area contributed by atoms with E-state index in [1.54, 1.807) is 26.2 Å². The Morgan fingerprint density at radius 3 is 2.74 bits per heavy atom. The second-order valence-electron chi connectivity index (χ2n) is 5.85. The van der Waals surface area contributed by atoms with Crippen LogP contribution in [-0.4, -0.2) is 36.9 Å². The number of rotatable bonds is 4. The first-order chi connectivity index (χ1) is 10.6. The van der Waals surface area contributed by atoms with Crippen molar-refractivity contribution in [3.63, 3.8) is 0 Å². The summed E-state index contributed by atoms with van der Waals surface area (Å²) < 4.78 is 24.6. The van der Waals surface area contributed by atoms with Crippen LogP contribution in [0.3, 0.4) is 0 Å². The minimum Gasteiger partial charge on any atom is -0.384 e. The first kappa shape index (κ1) is 17.8. The highest BCUT2D eigenvalue weighted by Crippen LogP contribution is 2.34. The monoisotopic (exact) mass is 341 g/mol. The molecule has 1 aromatic heterocycles. The zero-order chi connectivity index (χ0) is 15.6. The quantitative estimate of drug-likeness (QED) is 0.926. The minimum absolute atomic E-state index is 0. The number of aryl methyl sites for hydroxylation is 1. The van der Waals surface area contributed by atoms with Crippen LogP contribution in [0.15, 0.2) is 22.7 Å². The van der Waals surface area contributed by atoms with Crippen LogP contribution in [0.4, 0.5) is 4.39 Å². The Kier molecular flexibility index (Phi) is 5.73. The fourth-order valence-electron chi connectivity index (χ4n) is 2.89. The van der Waals surface area contributed by atoms with Crippen LogP contribution in [0.2, 0.25) is 0 Å². The van der Waals surface area contributed by atoms with Crippen LogP contribution < -0.4 is 5.32 Å². The van der Waals surface area contributed by atoms with E-state index < -0.39 is 0 Å². The normalized spacial score (nSPS) is 16.8. The molecule has 2 heterocycles. The van der Waals surface area contributed by atoms with Gasteiger partial charge in [0.25, 0.3) is 0 Å². The lowest BCUT2D eigenvalue weighted by Crippen LogP contribution is -2.43. The minimum atomic E-state index is -0.266. The van der Waals surface area contributed by atoms with E-state index in [0.717, 1.165) is 25.9 Å². The molecule has 23 heavy (non-hydrogen) atoms. The maximum Gasteiger partial charge on any atom is 0.235 e. The fraction of sp³-hybridized carbons (Fsp3) is 0.500. The third-order valence-corrected chi connectivity index (χ3v) is 4.29. The number of hydrogen-bond donors (Lipinski definition) is 1. The second-order valence-corrected chi connectivity index (χ2v) is 5.85. The Bertz CT molecular complexity index is 651. The third-order valence-electron chi connectivity index (χ3n) is 4.29. The lowest BCUT2D eigenvalue weighted by atomic mass is 9.79. The molecule has 0 bridgehead atoms. The molecule has 0 atom stereocenters. The highest BCUT2D eigenvalue weighted by atomic mass is 35.5. The molecule has 5 nitrogen and oxygen atoms in total. The van der Waals surface area contributed by atoms with Crippen molar-refractivity contribution in [2.75, 3.05) is 26.8 Å². The zero-order valence-electron chi connectivity index (χ0n) is 13.3. The fourth-order valence-corrected chi connectivity index (χ4v) is 2.89. The number of nitrogens with zero attached hydrogens (tertiary/aromatic N) is 2. The molecule has 2 aromatic rings. The summed E-state index contributed by atoms with van der Waals surface area (Å²) >= 11 is 0. The molecule has 126 valence electrons. The Morgan fingerprint density at radius 2 is 2.09 bits per heavy atom. The van der Waals surface area contributed by atoms with E-state index in [1.807, 2.05) is 0 Å². The number of ether oxygens (including phenoxy) is 1. The number of piperidine rings is 1. The van der Waals surface area contributed by atoms with Gasteiger partial charge in [0.15, 0.2) is 0 Å². The second kappa shape index (κ2) is 7.38. The van der Waals surface area contributed by atoms with Gasteiger partial charge in [-0.2, -0.15) is 4.98 Å². The lowest BCUT2D eigenvalue weighted by Gasteiger charge is -2.33. The van der Waals surface area contributed by atoms with Crippen LogP contribution in [0.1, 0.15) is 24.3 Å². The Hall–Kier alpha value is -1.50. The van der Waals surface area contributed by atoms with Gasteiger partial charge in [-0.3, -0.25) is 0 Å². The summed E-state index contributed by atoms with van der Waals surface area (Å²) in [5.41, 5.74) is 0.968. The Balaban J connectivity index is 0.00000192. The first-order valence-corrected chi connectivity index (χ1v) is 7.45. The van der Waals surface area contributed by atoms with E-state index in [4.69, 9.17) is 9.26 Å². The van der Waals surface area contributed by atoms with Gasteiger partial charge in [0.05, 0.1) is 12.0 Å². The first-order valence-electron chi connectivity index (χ1n) is 7.45. The number of hydrogen-bond acceptors (Lipinski definition) is 5. The molecule has 0 amide bonds. The molecule has 1 fully saturated rings. The molecule has 1 aromatic carbocycles. The van der Waals surface area contributed by atoms with E-state index in [2.05, 4.69) is 15.5 Å².